The summed E-state index contributed by atoms with van der Waals surface area (Å²) in [6, 6.07) is -1.12. The third-order valence-corrected chi connectivity index (χ3v) is 5.48. The van der Waals surface area contributed by atoms with Crippen LogP contribution >= 0.6 is 0 Å². The summed E-state index contributed by atoms with van der Waals surface area (Å²) >= 11 is 0. The van der Waals surface area contributed by atoms with Gasteiger partial charge in [0.05, 0.1) is 6.61 Å². The third-order valence-electron chi connectivity index (χ3n) is 5.48. The minimum absolute atomic E-state index is 0.283. The Morgan fingerprint density at radius 1 is 0.935 bits per heavy atom. The molecule has 1 heterocycles. The van der Waals surface area contributed by atoms with Crippen LogP contribution in [0, 0.1) is 0 Å². The predicted molar refractivity (Wildman–Crippen MR) is 121 cm³/mol. The van der Waals surface area contributed by atoms with Gasteiger partial charge in [-0.3, -0.25) is 4.79 Å². The number of nitrogens with one attached hydrogen (secondary N) is 1. The molecule has 7 nitrogen and oxygen atoms in total. The second-order valence-electron chi connectivity index (χ2n) is 8.16. The van der Waals surface area contributed by atoms with Crippen molar-refractivity contribution in [3.63, 3.8) is 0 Å². The van der Waals surface area contributed by atoms with Crippen LogP contribution < -0.4 is 5.32 Å². The third kappa shape index (κ3) is 11.8. The molecule has 0 aromatic heterocycles. The molecule has 0 bridgehead atoms. The van der Waals surface area contributed by atoms with Gasteiger partial charge in [-0.2, -0.15) is 0 Å². The van der Waals surface area contributed by atoms with Gasteiger partial charge in [-0.05, 0) is 38.5 Å². The van der Waals surface area contributed by atoms with E-state index in [1.807, 2.05) is 0 Å². The van der Waals surface area contributed by atoms with Gasteiger partial charge in [-0.25, -0.2) is 0 Å². The molecule has 1 amide bonds. The minimum Gasteiger partial charge on any atom is -0.394 e. The van der Waals surface area contributed by atoms with Gasteiger partial charge in [-0.1, -0.05) is 63.3 Å². The molecule has 0 aromatic carbocycles. The van der Waals surface area contributed by atoms with Gasteiger partial charge in [-0.15, -0.1) is 0 Å². The van der Waals surface area contributed by atoms with Crippen molar-refractivity contribution in [3.05, 3.63) is 24.3 Å². The number of ether oxygens (including phenoxy) is 1. The largest absolute Gasteiger partial charge is 0.394 e. The Morgan fingerprint density at radius 3 is 2.26 bits per heavy atom. The number of aliphatic hydroxyl groups is 4. The van der Waals surface area contributed by atoms with E-state index in [-0.39, 0.29) is 12.3 Å². The smallest absolute Gasteiger partial charge is 0.220 e. The summed E-state index contributed by atoms with van der Waals surface area (Å²) in [4.78, 5) is 12.1. The van der Waals surface area contributed by atoms with E-state index in [0.717, 1.165) is 64.2 Å². The van der Waals surface area contributed by atoms with E-state index in [2.05, 4.69) is 29.6 Å². The maximum atomic E-state index is 12.1. The molecule has 0 spiro atoms. The summed E-state index contributed by atoms with van der Waals surface area (Å²) in [6.07, 6.45) is 15.2. The highest BCUT2D eigenvalue weighted by Gasteiger charge is 2.44. The van der Waals surface area contributed by atoms with E-state index in [4.69, 9.17) is 11.2 Å². The molecule has 0 aliphatic carbocycles. The van der Waals surface area contributed by atoms with Crippen LogP contribution in [0.3, 0.4) is 0 Å². The van der Waals surface area contributed by atoms with E-state index in [1.54, 1.807) is 0 Å². The van der Waals surface area contributed by atoms with Gasteiger partial charge in [0.15, 0.2) is 6.29 Å². The fraction of sp³-hybridized carbons (Fsp3) is 0.792. The van der Waals surface area contributed by atoms with Crippen molar-refractivity contribution in [1.82, 2.24) is 5.32 Å². The summed E-state index contributed by atoms with van der Waals surface area (Å²) in [7, 11) is 0. The van der Waals surface area contributed by atoms with Gasteiger partial charge in [0, 0.05) is 7.79 Å². The average Bonchev–Trinajstić information content (AvgIpc) is 2.78. The molecule has 1 saturated heterocycles. The Kier molecular flexibility index (Phi) is 14.5. The maximum absolute atomic E-state index is 12.1. The molecule has 0 saturated carbocycles. The lowest BCUT2D eigenvalue weighted by atomic mass is 9.97. The molecule has 0 radical (unpaired) electrons. The Balaban J connectivity index is 2.01. The number of allylic oxidation sites excluding steroid dienone is 4. The van der Waals surface area contributed by atoms with E-state index in [1.165, 1.54) is 6.42 Å². The Bertz CT molecular complexity index is 545. The van der Waals surface area contributed by atoms with Gasteiger partial charge >= 0.3 is 0 Å². The van der Waals surface area contributed by atoms with E-state index in [9.17, 15) is 20.1 Å². The average molecular weight is 443 g/mol. The van der Waals surface area contributed by atoms with Crippen LogP contribution in [0.25, 0.3) is 0 Å². The number of hydrogen-bond donors (Lipinski definition) is 5. The van der Waals surface area contributed by atoms with E-state index >= 15 is 0 Å². The minimum atomic E-state index is -1.47. The van der Waals surface area contributed by atoms with Crippen LogP contribution in [0.2, 0.25) is 0 Å². The van der Waals surface area contributed by atoms with Crippen molar-refractivity contribution < 1.29 is 31.3 Å². The van der Waals surface area contributed by atoms with Crippen LogP contribution in [0.15, 0.2) is 24.3 Å². The Labute approximate surface area is 188 Å². The molecule has 1 unspecified atom stereocenters. The maximum Gasteiger partial charge on any atom is 0.220 e. The van der Waals surface area contributed by atoms with Crippen molar-refractivity contribution in [1.29, 1.82) is 0 Å². The lowest BCUT2D eigenvalue weighted by molar-refractivity contribution is -0.253. The summed E-state index contributed by atoms with van der Waals surface area (Å²) in [6.45, 7) is 0.00401. The number of aliphatic hydroxyl groups excluding tert-OH is 4. The number of amides is 1. The number of hydrogen-bond acceptors (Lipinski definition) is 6. The van der Waals surface area contributed by atoms with Crippen molar-refractivity contribution >= 4 is 5.91 Å². The topological polar surface area (TPSA) is 119 Å². The SMILES string of the molecule is [2H]CCCCC/C=C\C/C=C\CCCCCCCC(=O)N[C@H]1C(O)O[C@H](CO)[C@@H](O)[C@@H]1O. The molecule has 1 rings (SSSR count). The van der Waals surface area contributed by atoms with Crippen LogP contribution in [-0.4, -0.2) is 63.6 Å². The lowest BCUT2D eigenvalue weighted by Crippen LogP contribution is -2.64. The quantitative estimate of drug-likeness (QED) is 0.185. The highest BCUT2D eigenvalue weighted by atomic mass is 16.6. The molecule has 1 fully saturated rings. The van der Waals surface area contributed by atoms with Crippen LogP contribution in [0.1, 0.15) is 85.3 Å². The van der Waals surface area contributed by atoms with Gasteiger partial charge in [0.1, 0.15) is 24.4 Å². The zero-order chi connectivity index (χ0) is 23.6. The van der Waals surface area contributed by atoms with Gasteiger partial charge in [0.25, 0.3) is 0 Å². The zero-order valence-electron chi connectivity index (χ0n) is 19.7. The molecule has 1 aliphatic rings. The molecule has 5 atom stereocenters. The first-order valence-corrected chi connectivity index (χ1v) is 11.7. The van der Waals surface area contributed by atoms with Crippen LogP contribution in [0.4, 0.5) is 0 Å². The fourth-order valence-corrected chi connectivity index (χ4v) is 3.53. The van der Waals surface area contributed by atoms with Crippen LogP contribution in [0.5, 0.6) is 0 Å². The van der Waals surface area contributed by atoms with Crippen molar-refractivity contribution in [2.75, 3.05) is 6.61 Å². The normalized spacial score (nSPS) is 27.1. The standard InChI is InChI=1S/C24H43NO6/c1-2-3-4-5-6-7-8-9-10-11-12-13-14-15-16-17-20(27)25-21-23(29)22(28)19(18-26)31-24(21)30/h6-7,9-10,19,21-24,26,28-30H,2-5,8,11-18H2,1H3,(H,25,27)/b7-6-,10-9-/t19-,21-,22-,23-,24?/m1/s1/i1D. The number of carbonyl (C=O) groups is 1. The number of rotatable bonds is 16. The first-order valence-electron chi connectivity index (χ1n) is 12.4. The fourth-order valence-electron chi connectivity index (χ4n) is 3.53. The van der Waals surface area contributed by atoms with Crippen molar-refractivity contribution in [3.8, 4) is 0 Å². The second kappa shape index (κ2) is 17.3. The lowest BCUT2D eigenvalue weighted by Gasteiger charge is -2.40. The summed E-state index contributed by atoms with van der Waals surface area (Å²) in [5.41, 5.74) is 0. The van der Waals surface area contributed by atoms with Gasteiger partial charge < -0.3 is 30.5 Å². The highest BCUT2D eigenvalue weighted by Crippen LogP contribution is 2.20. The summed E-state index contributed by atoms with van der Waals surface area (Å²) in [5, 5.41) is 41.4. The summed E-state index contributed by atoms with van der Waals surface area (Å²) in [5.74, 6) is -0.307. The molecule has 5 N–H and O–H groups in total. The zero-order valence-corrected chi connectivity index (χ0v) is 18.7. The summed E-state index contributed by atoms with van der Waals surface area (Å²) < 4.78 is 12.1. The molecular weight excluding hydrogens is 398 g/mol. The number of unbranched alkanes of at least 4 members (excludes halogenated alkanes) is 8. The predicted octanol–water partition coefficient (Wildman–Crippen LogP) is 2.72. The second-order valence-corrected chi connectivity index (χ2v) is 8.16. The number of carbonyl (C=O) groups excluding carboxylic acids is 1. The van der Waals surface area contributed by atoms with Crippen molar-refractivity contribution in [2.45, 2.75) is 115 Å². The monoisotopic (exact) mass is 442 g/mol. The molecule has 7 heteroatoms. The Morgan fingerprint density at radius 2 is 1.58 bits per heavy atom. The molecule has 31 heavy (non-hydrogen) atoms. The molecule has 0 aromatic rings. The molecular formula is C24H43NO6. The van der Waals surface area contributed by atoms with E-state index in [0.29, 0.717) is 6.90 Å². The Hall–Kier alpha value is -1.25. The first kappa shape index (κ1) is 26.0. The van der Waals surface area contributed by atoms with E-state index < -0.39 is 37.3 Å². The van der Waals surface area contributed by atoms with Gasteiger partial charge in [0.2, 0.25) is 5.91 Å². The molecule has 1 aliphatic heterocycles. The van der Waals surface area contributed by atoms with Crippen LogP contribution in [-0.2, 0) is 9.53 Å². The highest BCUT2D eigenvalue weighted by molar-refractivity contribution is 5.76. The van der Waals surface area contributed by atoms with Crippen molar-refractivity contribution in [2.24, 2.45) is 0 Å². The first-order chi connectivity index (χ1) is 15.5. The molecule has 180 valence electrons.